The van der Waals surface area contributed by atoms with Gasteiger partial charge in [-0.05, 0) is 54.1 Å². The van der Waals surface area contributed by atoms with Crippen LogP contribution in [0, 0.1) is 0 Å². The van der Waals surface area contributed by atoms with Crippen molar-refractivity contribution < 1.29 is 4.79 Å². The van der Waals surface area contributed by atoms with Crippen molar-refractivity contribution in [2.24, 2.45) is 0 Å². The van der Waals surface area contributed by atoms with Crippen LogP contribution in [-0.2, 0) is 6.54 Å². The number of hydrogen-bond donors (Lipinski definition) is 2. The molecule has 0 radical (unpaired) electrons. The van der Waals surface area contributed by atoms with E-state index in [1.165, 1.54) is 0 Å². The zero-order valence-electron chi connectivity index (χ0n) is 13.2. The summed E-state index contributed by atoms with van der Waals surface area (Å²) in [7, 11) is 0. The first-order valence-electron chi connectivity index (χ1n) is 7.61. The van der Waals surface area contributed by atoms with Crippen LogP contribution in [-0.4, -0.2) is 10.9 Å². The zero-order chi connectivity index (χ0) is 17.6. The minimum absolute atomic E-state index is 0.287. The van der Waals surface area contributed by atoms with E-state index >= 15 is 0 Å². The molecule has 1 aromatic heterocycles. The number of amides is 1. The van der Waals surface area contributed by atoms with Gasteiger partial charge in [-0.15, -0.1) is 0 Å². The number of nitrogens with one attached hydrogen (secondary N) is 2. The Morgan fingerprint density at radius 1 is 0.960 bits per heavy atom. The molecule has 2 N–H and O–H groups in total. The van der Waals surface area contributed by atoms with Crippen LogP contribution >= 0.6 is 23.2 Å². The molecular formula is C19H15Cl2N3O. The summed E-state index contributed by atoms with van der Waals surface area (Å²) >= 11 is 12.1. The average molecular weight is 372 g/mol. The van der Waals surface area contributed by atoms with E-state index < -0.39 is 0 Å². The van der Waals surface area contributed by atoms with E-state index in [9.17, 15) is 4.79 Å². The molecule has 0 aliphatic carbocycles. The van der Waals surface area contributed by atoms with E-state index in [0.717, 1.165) is 5.56 Å². The Morgan fingerprint density at radius 2 is 1.68 bits per heavy atom. The lowest BCUT2D eigenvalue weighted by Crippen LogP contribution is -2.15. The number of pyridine rings is 1. The topological polar surface area (TPSA) is 54.0 Å². The summed E-state index contributed by atoms with van der Waals surface area (Å²) in [6.07, 6.45) is 3.45. The van der Waals surface area contributed by atoms with E-state index in [-0.39, 0.29) is 5.91 Å². The van der Waals surface area contributed by atoms with E-state index in [0.29, 0.717) is 33.5 Å². The summed E-state index contributed by atoms with van der Waals surface area (Å²) in [6.45, 7) is 0.560. The number of nitrogens with zero attached hydrogens (tertiary/aromatic N) is 1. The molecule has 3 rings (SSSR count). The third-order valence-electron chi connectivity index (χ3n) is 3.58. The van der Waals surface area contributed by atoms with Gasteiger partial charge >= 0.3 is 0 Å². The van der Waals surface area contributed by atoms with Crippen LogP contribution in [0.1, 0.15) is 15.9 Å². The van der Waals surface area contributed by atoms with Crippen molar-refractivity contribution in [3.8, 4) is 0 Å². The minimum Gasteiger partial charge on any atom is -0.380 e. The number of benzene rings is 2. The fourth-order valence-electron chi connectivity index (χ4n) is 2.33. The first-order chi connectivity index (χ1) is 12.1. The lowest BCUT2D eigenvalue weighted by molar-refractivity contribution is 0.102. The minimum atomic E-state index is -0.287. The van der Waals surface area contributed by atoms with Gasteiger partial charge in [0.05, 0.1) is 10.6 Å². The van der Waals surface area contributed by atoms with Crippen LogP contribution < -0.4 is 10.6 Å². The number of rotatable bonds is 5. The number of anilines is 2. The Labute approximate surface area is 155 Å². The normalized spacial score (nSPS) is 10.3. The van der Waals surface area contributed by atoms with Crippen LogP contribution in [0.4, 0.5) is 11.4 Å². The number of carbonyl (C=O) groups excluding carboxylic acids is 1. The van der Waals surface area contributed by atoms with Gasteiger partial charge < -0.3 is 10.6 Å². The number of carbonyl (C=O) groups is 1. The molecule has 1 heterocycles. The highest BCUT2D eigenvalue weighted by Gasteiger charge is 2.15. The van der Waals surface area contributed by atoms with Crippen molar-refractivity contribution in [1.82, 2.24) is 4.98 Å². The summed E-state index contributed by atoms with van der Waals surface area (Å²) in [5, 5.41) is 7.07. The van der Waals surface area contributed by atoms with Crippen molar-refractivity contribution in [1.29, 1.82) is 0 Å². The average Bonchev–Trinajstić information content (AvgIpc) is 2.62. The zero-order valence-corrected chi connectivity index (χ0v) is 14.7. The molecule has 0 spiro atoms. The third kappa shape index (κ3) is 4.50. The third-order valence-corrected chi connectivity index (χ3v) is 4.14. The SMILES string of the molecule is O=C(Nc1ccc(Cl)cc1)c1c(Cl)cccc1NCc1ccncc1. The summed E-state index contributed by atoms with van der Waals surface area (Å²) in [4.78, 5) is 16.7. The maximum absolute atomic E-state index is 12.7. The Balaban J connectivity index is 1.80. The molecule has 0 bridgehead atoms. The smallest absolute Gasteiger partial charge is 0.259 e. The quantitative estimate of drug-likeness (QED) is 0.643. The lowest BCUT2D eigenvalue weighted by Gasteiger charge is -2.14. The largest absolute Gasteiger partial charge is 0.380 e. The van der Waals surface area contributed by atoms with Crippen LogP contribution in [0.2, 0.25) is 10.0 Å². The maximum atomic E-state index is 12.7. The second kappa shape index (κ2) is 8.01. The first-order valence-corrected chi connectivity index (χ1v) is 8.37. The molecule has 6 heteroatoms. The molecule has 4 nitrogen and oxygen atoms in total. The van der Waals surface area contributed by atoms with Gasteiger partial charge in [-0.1, -0.05) is 29.3 Å². The summed E-state index contributed by atoms with van der Waals surface area (Å²) in [6, 6.07) is 16.0. The molecule has 0 saturated carbocycles. The van der Waals surface area contributed by atoms with Crippen molar-refractivity contribution in [3.63, 3.8) is 0 Å². The number of aromatic nitrogens is 1. The molecule has 0 atom stereocenters. The molecule has 0 saturated heterocycles. The highest BCUT2D eigenvalue weighted by atomic mass is 35.5. The van der Waals surface area contributed by atoms with Gasteiger partial charge in [-0.25, -0.2) is 0 Å². The van der Waals surface area contributed by atoms with Crippen LogP contribution in [0.25, 0.3) is 0 Å². The second-order valence-corrected chi connectivity index (χ2v) is 6.18. The molecule has 25 heavy (non-hydrogen) atoms. The van der Waals surface area contributed by atoms with Gasteiger partial charge in [0.1, 0.15) is 0 Å². The van der Waals surface area contributed by atoms with E-state index in [1.807, 2.05) is 18.2 Å². The fourth-order valence-corrected chi connectivity index (χ4v) is 2.71. The first kappa shape index (κ1) is 17.3. The van der Waals surface area contributed by atoms with Crippen molar-refractivity contribution >= 4 is 40.5 Å². The van der Waals surface area contributed by atoms with Crippen LogP contribution in [0.15, 0.2) is 67.0 Å². The van der Waals surface area contributed by atoms with Gasteiger partial charge in [0.2, 0.25) is 0 Å². The molecule has 1 amide bonds. The van der Waals surface area contributed by atoms with Crippen molar-refractivity contribution in [3.05, 3.63) is 88.2 Å². The predicted octanol–water partition coefficient (Wildman–Crippen LogP) is 5.25. The van der Waals surface area contributed by atoms with E-state index in [1.54, 1.807) is 48.8 Å². The standard InChI is InChI=1S/C19H15Cl2N3O/c20-14-4-6-15(7-5-14)24-19(25)18-16(21)2-1-3-17(18)23-12-13-8-10-22-11-9-13/h1-11,23H,12H2,(H,24,25). The Hall–Kier alpha value is -2.56. The molecule has 2 aromatic carbocycles. The summed E-state index contributed by atoms with van der Waals surface area (Å²) < 4.78 is 0. The van der Waals surface area contributed by atoms with Crippen molar-refractivity contribution in [2.75, 3.05) is 10.6 Å². The summed E-state index contributed by atoms with van der Waals surface area (Å²) in [5.41, 5.74) is 2.76. The summed E-state index contributed by atoms with van der Waals surface area (Å²) in [5.74, 6) is -0.287. The highest BCUT2D eigenvalue weighted by Crippen LogP contribution is 2.26. The van der Waals surface area contributed by atoms with Gasteiger partial charge in [-0.2, -0.15) is 0 Å². The van der Waals surface area contributed by atoms with Gasteiger partial charge in [0, 0.05) is 35.3 Å². The molecule has 0 aliphatic rings. The monoisotopic (exact) mass is 371 g/mol. The van der Waals surface area contributed by atoms with Crippen molar-refractivity contribution in [2.45, 2.75) is 6.54 Å². The molecule has 0 fully saturated rings. The van der Waals surface area contributed by atoms with Crippen LogP contribution in [0.3, 0.4) is 0 Å². The van der Waals surface area contributed by atoms with Gasteiger partial charge in [-0.3, -0.25) is 9.78 Å². The molecule has 3 aromatic rings. The van der Waals surface area contributed by atoms with Crippen LogP contribution in [0.5, 0.6) is 0 Å². The predicted molar refractivity (Wildman–Crippen MR) is 102 cm³/mol. The highest BCUT2D eigenvalue weighted by molar-refractivity contribution is 6.35. The van der Waals surface area contributed by atoms with Gasteiger partial charge in [0.25, 0.3) is 5.91 Å². The Morgan fingerprint density at radius 3 is 2.40 bits per heavy atom. The van der Waals surface area contributed by atoms with Gasteiger partial charge in [0.15, 0.2) is 0 Å². The molecule has 126 valence electrons. The molecule has 0 aliphatic heterocycles. The molecular weight excluding hydrogens is 357 g/mol. The lowest BCUT2D eigenvalue weighted by atomic mass is 10.1. The Kier molecular flexibility index (Phi) is 5.53. The van der Waals surface area contributed by atoms with E-state index in [2.05, 4.69) is 15.6 Å². The molecule has 0 unspecified atom stereocenters. The number of halogens is 2. The van der Waals surface area contributed by atoms with E-state index in [4.69, 9.17) is 23.2 Å². The fraction of sp³-hybridized carbons (Fsp3) is 0.0526. The number of hydrogen-bond acceptors (Lipinski definition) is 3. The Bertz CT molecular complexity index is 868. The maximum Gasteiger partial charge on any atom is 0.259 e. The second-order valence-electron chi connectivity index (χ2n) is 5.33.